The molecule has 8 heteroatoms. The van der Waals surface area contributed by atoms with Crippen molar-refractivity contribution >= 4 is 28.5 Å². The zero-order chi connectivity index (χ0) is 24.8. The molecule has 0 fully saturated rings. The number of ether oxygens (including phenoxy) is 2. The van der Waals surface area contributed by atoms with Crippen LogP contribution in [-0.4, -0.2) is 47.7 Å². The molecule has 0 heterocycles. The van der Waals surface area contributed by atoms with Gasteiger partial charge in [-0.15, -0.1) is 0 Å². The standard InChI is InChI=1S/C23H25FO5.C2H6OS/c1-3-28-21(25)11-5-16-13-17(6-12-22(26)29-4-2)15-19(14-16)23(27)18-7-9-20(24)10-8-18;1-4(2)3/h7-10,13-15H,3-6,11-12H2,1-2H3;1-2H3. The Kier molecular flexibility index (Phi) is 12.8. The van der Waals surface area contributed by atoms with Crippen LogP contribution in [0.3, 0.4) is 0 Å². The van der Waals surface area contributed by atoms with Gasteiger partial charge in [-0.1, -0.05) is 6.07 Å². The molecule has 0 saturated carbocycles. The maximum Gasteiger partial charge on any atom is 0.306 e. The number of hydrogen-bond donors (Lipinski definition) is 0. The normalized spacial score (nSPS) is 10.2. The van der Waals surface area contributed by atoms with Crippen molar-refractivity contribution in [3.05, 3.63) is 70.5 Å². The fraction of sp³-hybridized carbons (Fsp3) is 0.400. The lowest BCUT2D eigenvalue weighted by molar-refractivity contribution is -0.143. The highest BCUT2D eigenvalue weighted by atomic mass is 32.2. The predicted molar refractivity (Wildman–Crippen MR) is 126 cm³/mol. The number of rotatable bonds is 10. The number of carbonyl (C=O) groups is 3. The highest BCUT2D eigenvalue weighted by Gasteiger charge is 2.14. The van der Waals surface area contributed by atoms with Crippen LogP contribution in [0.2, 0.25) is 0 Å². The molecule has 0 unspecified atom stereocenters. The van der Waals surface area contributed by atoms with E-state index in [0.29, 0.717) is 37.2 Å². The Morgan fingerprint density at radius 1 is 0.788 bits per heavy atom. The van der Waals surface area contributed by atoms with Gasteiger partial charge in [-0.2, -0.15) is 0 Å². The molecule has 0 atom stereocenters. The molecule has 0 aliphatic carbocycles. The molecule has 0 aliphatic heterocycles. The molecular weight excluding hydrogens is 447 g/mol. The maximum absolute atomic E-state index is 13.2. The van der Waals surface area contributed by atoms with Crippen LogP contribution >= 0.6 is 0 Å². The number of carbonyl (C=O) groups excluding carboxylic acids is 3. The highest BCUT2D eigenvalue weighted by Crippen LogP contribution is 2.18. The van der Waals surface area contributed by atoms with Crippen molar-refractivity contribution in [2.75, 3.05) is 25.7 Å². The lowest BCUT2D eigenvalue weighted by Crippen LogP contribution is -2.09. The van der Waals surface area contributed by atoms with Gasteiger partial charge >= 0.3 is 11.9 Å². The third-order valence-electron chi connectivity index (χ3n) is 4.27. The Morgan fingerprint density at radius 3 is 1.61 bits per heavy atom. The minimum absolute atomic E-state index is 0.194. The number of halogens is 1. The Hall–Kier alpha value is -2.87. The first-order valence-corrected chi connectivity index (χ1v) is 12.6. The molecule has 0 radical (unpaired) electrons. The van der Waals surface area contributed by atoms with E-state index in [1.165, 1.54) is 24.3 Å². The van der Waals surface area contributed by atoms with E-state index in [-0.39, 0.29) is 30.6 Å². The van der Waals surface area contributed by atoms with Crippen molar-refractivity contribution in [3.63, 3.8) is 0 Å². The van der Waals surface area contributed by atoms with Crippen LogP contribution in [0.15, 0.2) is 42.5 Å². The summed E-state index contributed by atoms with van der Waals surface area (Å²) < 4.78 is 32.6. The first-order chi connectivity index (χ1) is 15.7. The SMILES string of the molecule is CCOC(=O)CCc1cc(CCC(=O)OCC)cc(C(=O)c2ccc(F)cc2)c1.CS(C)=O. The number of aryl methyl sites for hydroxylation is 2. The van der Waals surface area contributed by atoms with Gasteiger partial charge in [0.2, 0.25) is 0 Å². The highest BCUT2D eigenvalue weighted by molar-refractivity contribution is 7.83. The van der Waals surface area contributed by atoms with E-state index in [1.807, 2.05) is 6.07 Å². The van der Waals surface area contributed by atoms with Crippen molar-refractivity contribution < 1.29 is 32.5 Å². The molecule has 0 aliphatic rings. The number of hydrogen-bond acceptors (Lipinski definition) is 6. The van der Waals surface area contributed by atoms with Gasteiger partial charge in [0.25, 0.3) is 0 Å². The molecular formula is C25H31FO6S. The molecule has 0 aromatic heterocycles. The van der Waals surface area contributed by atoms with Crippen molar-refractivity contribution in [1.82, 2.24) is 0 Å². The number of esters is 2. The van der Waals surface area contributed by atoms with Gasteiger partial charge in [0.15, 0.2) is 5.78 Å². The van der Waals surface area contributed by atoms with Crippen molar-refractivity contribution in [2.24, 2.45) is 0 Å². The van der Waals surface area contributed by atoms with E-state index in [9.17, 15) is 23.0 Å². The molecule has 0 amide bonds. The third kappa shape index (κ3) is 11.5. The zero-order valence-electron chi connectivity index (χ0n) is 19.5. The third-order valence-corrected chi connectivity index (χ3v) is 4.27. The summed E-state index contributed by atoms with van der Waals surface area (Å²) in [5.41, 5.74) is 2.39. The van der Waals surface area contributed by atoms with E-state index >= 15 is 0 Å². The van der Waals surface area contributed by atoms with E-state index in [4.69, 9.17) is 9.47 Å². The fourth-order valence-corrected chi connectivity index (χ4v) is 2.91. The largest absolute Gasteiger partial charge is 0.466 e. The summed E-state index contributed by atoms with van der Waals surface area (Å²) in [7, 11) is -0.611. The van der Waals surface area contributed by atoms with Crippen molar-refractivity contribution in [2.45, 2.75) is 39.5 Å². The quantitative estimate of drug-likeness (QED) is 0.378. The summed E-state index contributed by atoms with van der Waals surface area (Å²) in [6, 6.07) is 10.7. The van der Waals surface area contributed by atoms with Crippen LogP contribution in [0.5, 0.6) is 0 Å². The average Bonchev–Trinajstić information content (AvgIpc) is 2.76. The molecule has 2 aromatic rings. The van der Waals surface area contributed by atoms with E-state index in [0.717, 1.165) is 11.1 Å². The molecule has 2 aromatic carbocycles. The Labute approximate surface area is 196 Å². The first kappa shape index (κ1) is 28.2. The molecule has 0 spiro atoms. The molecule has 180 valence electrons. The summed E-state index contributed by atoms with van der Waals surface area (Å²) in [6.07, 6.45) is 4.49. The van der Waals surface area contributed by atoms with Crippen LogP contribution in [0.4, 0.5) is 4.39 Å². The number of benzene rings is 2. The Balaban J connectivity index is 0.00000125. The lowest BCUT2D eigenvalue weighted by Gasteiger charge is -2.10. The molecule has 6 nitrogen and oxygen atoms in total. The second kappa shape index (κ2) is 15.1. The second-order valence-corrected chi connectivity index (χ2v) is 8.71. The summed E-state index contributed by atoms with van der Waals surface area (Å²) in [4.78, 5) is 36.2. The van der Waals surface area contributed by atoms with Gasteiger partial charge in [0.1, 0.15) is 5.82 Å². The van der Waals surface area contributed by atoms with Crippen molar-refractivity contribution in [3.8, 4) is 0 Å². The van der Waals surface area contributed by atoms with Crippen molar-refractivity contribution in [1.29, 1.82) is 0 Å². The average molecular weight is 479 g/mol. The smallest absolute Gasteiger partial charge is 0.306 e. The van der Waals surface area contributed by atoms with Crippen LogP contribution in [-0.2, 0) is 42.7 Å². The van der Waals surface area contributed by atoms with Gasteiger partial charge in [-0.25, -0.2) is 4.39 Å². The summed E-state index contributed by atoms with van der Waals surface area (Å²) in [6.45, 7) is 4.11. The van der Waals surface area contributed by atoms with Gasteiger partial charge < -0.3 is 9.47 Å². The molecule has 0 saturated heterocycles. The zero-order valence-corrected chi connectivity index (χ0v) is 20.3. The predicted octanol–water partition coefficient (Wildman–Crippen LogP) is 4.04. The fourth-order valence-electron chi connectivity index (χ4n) is 2.91. The van der Waals surface area contributed by atoms with E-state index < -0.39 is 16.6 Å². The Morgan fingerprint density at radius 2 is 1.21 bits per heavy atom. The number of ketones is 1. The molecule has 33 heavy (non-hydrogen) atoms. The van der Waals surface area contributed by atoms with Gasteiger partial charge in [0, 0.05) is 47.3 Å². The molecule has 2 rings (SSSR count). The van der Waals surface area contributed by atoms with Crippen LogP contribution in [0, 0.1) is 5.82 Å². The van der Waals surface area contributed by atoms with Gasteiger partial charge in [-0.3, -0.25) is 18.6 Å². The topological polar surface area (TPSA) is 86.7 Å². The maximum atomic E-state index is 13.2. The monoisotopic (exact) mass is 478 g/mol. The van der Waals surface area contributed by atoms with Crippen LogP contribution in [0.25, 0.3) is 0 Å². The second-order valence-electron chi connectivity index (χ2n) is 7.23. The van der Waals surface area contributed by atoms with E-state index in [1.54, 1.807) is 38.5 Å². The lowest BCUT2D eigenvalue weighted by atomic mass is 9.95. The minimum Gasteiger partial charge on any atom is -0.466 e. The van der Waals surface area contributed by atoms with Gasteiger partial charge in [-0.05, 0) is 74.2 Å². The first-order valence-electron chi connectivity index (χ1n) is 10.7. The van der Waals surface area contributed by atoms with Gasteiger partial charge in [0.05, 0.1) is 13.2 Å². The molecule has 0 N–H and O–H groups in total. The Bertz CT molecular complexity index is 912. The summed E-state index contributed by atoms with van der Waals surface area (Å²) >= 11 is 0. The van der Waals surface area contributed by atoms with Crippen LogP contribution < -0.4 is 0 Å². The summed E-state index contributed by atoms with van der Waals surface area (Å²) in [5.74, 6) is -1.29. The molecule has 0 bridgehead atoms. The van der Waals surface area contributed by atoms with Crippen LogP contribution in [0.1, 0.15) is 53.7 Å². The van der Waals surface area contributed by atoms with E-state index in [2.05, 4.69) is 0 Å². The minimum atomic E-state index is -0.611. The summed E-state index contributed by atoms with van der Waals surface area (Å²) in [5, 5.41) is 0.